The lowest BCUT2D eigenvalue weighted by molar-refractivity contribution is -0.141. The van der Waals surface area contributed by atoms with Crippen LogP contribution in [0.3, 0.4) is 0 Å². The van der Waals surface area contributed by atoms with E-state index in [9.17, 15) is 37.5 Å². The lowest BCUT2D eigenvalue weighted by atomic mass is 9.56. The summed E-state index contributed by atoms with van der Waals surface area (Å²) >= 11 is 26.9. The predicted octanol–water partition coefficient (Wildman–Crippen LogP) is 5.15. The molecule has 232 valence electrons. The third kappa shape index (κ3) is 4.03. The molecule has 6 rings (SSSR count). The van der Waals surface area contributed by atoms with Crippen molar-refractivity contribution in [3.63, 3.8) is 0 Å². The average Bonchev–Trinajstić information content (AvgIpc) is 3.28. The number of phenols is 1. The minimum Gasteiger partial charge on any atom is -0.508 e. The second-order valence-electron chi connectivity index (χ2n) is 11.2. The number of aromatic nitrogens is 1. The van der Waals surface area contributed by atoms with Crippen LogP contribution in [0.25, 0.3) is 0 Å². The molecule has 4 amide bonds. The van der Waals surface area contributed by atoms with Crippen molar-refractivity contribution in [3.8, 4) is 5.75 Å². The summed E-state index contributed by atoms with van der Waals surface area (Å²) in [7, 11) is 2.43. The van der Waals surface area contributed by atoms with Gasteiger partial charge in [0, 0.05) is 25.0 Å². The van der Waals surface area contributed by atoms with E-state index in [-0.39, 0.29) is 34.2 Å². The van der Waals surface area contributed by atoms with Gasteiger partial charge >= 0.3 is 6.18 Å². The van der Waals surface area contributed by atoms with Crippen LogP contribution in [-0.4, -0.2) is 67.5 Å². The molecule has 0 unspecified atom stereocenters. The molecule has 1 saturated carbocycles. The van der Waals surface area contributed by atoms with Crippen LogP contribution in [0.1, 0.15) is 30.0 Å². The van der Waals surface area contributed by atoms with Crippen molar-refractivity contribution < 1.29 is 37.5 Å². The highest BCUT2D eigenvalue weighted by atomic mass is 35.5. The van der Waals surface area contributed by atoms with Gasteiger partial charge in [-0.2, -0.15) is 18.2 Å². The van der Waals surface area contributed by atoms with Crippen molar-refractivity contribution in [3.05, 3.63) is 63.3 Å². The zero-order chi connectivity index (χ0) is 32.3. The van der Waals surface area contributed by atoms with E-state index in [1.165, 1.54) is 32.3 Å². The Hall–Kier alpha value is -3.06. The van der Waals surface area contributed by atoms with Gasteiger partial charge in [-0.05, 0) is 48.6 Å². The second kappa shape index (κ2) is 9.97. The molecule has 1 N–H and O–H groups in total. The number of nitrogens with zero attached hydrogens (tertiary/aromatic N) is 4. The van der Waals surface area contributed by atoms with Crippen LogP contribution >= 0.6 is 46.4 Å². The topological polar surface area (TPSA) is 111 Å². The van der Waals surface area contributed by atoms with Gasteiger partial charge in [0.2, 0.25) is 0 Å². The number of imide groups is 2. The molecule has 2 aliphatic carbocycles. The Balaban J connectivity index is 1.46. The molecule has 1 aromatic carbocycles. The van der Waals surface area contributed by atoms with Crippen LogP contribution in [0.5, 0.6) is 5.75 Å². The molecule has 2 aliphatic heterocycles. The number of likely N-dealkylation sites (tertiary alicyclic amines) is 1. The number of pyridine rings is 1. The first-order valence-electron chi connectivity index (χ1n) is 13.2. The molecular formula is C28H21Cl4F3N4O5. The molecule has 0 radical (unpaired) electrons. The van der Waals surface area contributed by atoms with Gasteiger partial charge < -0.3 is 5.11 Å². The molecule has 0 spiro atoms. The number of fused-ring (bicyclic) bond motifs is 4. The zero-order valence-electron chi connectivity index (χ0n) is 22.7. The summed E-state index contributed by atoms with van der Waals surface area (Å²) in [4.78, 5) is 55.2. The molecular weight excluding hydrogens is 671 g/mol. The van der Waals surface area contributed by atoms with Crippen molar-refractivity contribution in [1.82, 2.24) is 14.9 Å². The first-order valence-corrected chi connectivity index (χ1v) is 14.7. The van der Waals surface area contributed by atoms with E-state index < -0.39 is 74.7 Å². The van der Waals surface area contributed by atoms with Crippen molar-refractivity contribution in [1.29, 1.82) is 0 Å². The van der Waals surface area contributed by atoms with Crippen LogP contribution < -0.4 is 5.01 Å². The summed E-state index contributed by atoms with van der Waals surface area (Å²) in [5, 5.41) is 11.3. The minimum atomic E-state index is -4.82. The number of amides is 4. The molecule has 0 bridgehead atoms. The SMILES string of the molecule is CN1C(=O)[C@]2(Cl)C[C@@H]3C(=CC[C@@H]4C(=O)N(N(C)c5nc(C(F)(F)F)ccc5Cl)C(=O)[C@@H]43)[C@H](c3ccc(O)cc3Cl)[C@]2(Cl)C1=O. The number of benzene rings is 1. The first kappa shape index (κ1) is 30.9. The van der Waals surface area contributed by atoms with E-state index >= 15 is 0 Å². The van der Waals surface area contributed by atoms with Crippen LogP contribution in [0.2, 0.25) is 10.0 Å². The number of hydrogen-bond acceptors (Lipinski definition) is 7. The second-order valence-corrected chi connectivity index (χ2v) is 13.3. The molecule has 2 aromatic rings. The van der Waals surface area contributed by atoms with Gasteiger partial charge in [0.15, 0.2) is 15.6 Å². The molecule has 6 atom stereocenters. The molecule has 3 fully saturated rings. The standard InChI is InChI=1S/C28H21Cl4F3N4O5/c1-37-24(43)26(31)10-15-12(20(27(26,32)25(37)44)13-4-3-11(40)9-17(13)30)5-6-14-19(15)23(42)39(22(14)41)38(2)21-16(29)7-8-18(36-21)28(33,34)35/h3-5,7-9,14-15,19-20,40H,6,10H2,1-2H3/t14-,15+,19-,20+,26+,27-/m0/s1. The molecule has 3 heterocycles. The van der Waals surface area contributed by atoms with E-state index in [2.05, 4.69) is 4.98 Å². The van der Waals surface area contributed by atoms with Gasteiger partial charge in [0.05, 0.1) is 16.9 Å². The highest BCUT2D eigenvalue weighted by Gasteiger charge is 2.76. The van der Waals surface area contributed by atoms with E-state index in [1.807, 2.05) is 0 Å². The van der Waals surface area contributed by atoms with E-state index in [4.69, 9.17) is 46.4 Å². The van der Waals surface area contributed by atoms with E-state index in [0.29, 0.717) is 16.6 Å². The van der Waals surface area contributed by atoms with Crippen molar-refractivity contribution >= 4 is 75.9 Å². The molecule has 16 heteroatoms. The maximum atomic E-state index is 14.1. The number of halogens is 7. The third-order valence-electron chi connectivity index (χ3n) is 9.01. The molecule has 2 saturated heterocycles. The highest BCUT2D eigenvalue weighted by molar-refractivity contribution is 6.53. The lowest BCUT2D eigenvalue weighted by Gasteiger charge is -2.51. The quantitative estimate of drug-likeness (QED) is 0.269. The molecule has 4 aliphatic rings. The third-order valence-corrected chi connectivity index (χ3v) is 11.0. The van der Waals surface area contributed by atoms with Gasteiger partial charge in [-0.15, -0.1) is 23.2 Å². The lowest BCUT2D eigenvalue weighted by Crippen LogP contribution is -2.60. The molecule has 1 aromatic heterocycles. The van der Waals surface area contributed by atoms with Crippen molar-refractivity contribution in [2.24, 2.45) is 17.8 Å². The van der Waals surface area contributed by atoms with Gasteiger partial charge in [-0.25, -0.2) is 4.98 Å². The Bertz CT molecular complexity index is 1710. The van der Waals surface area contributed by atoms with Gasteiger partial charge in [-0.3, -0.25) is 29.1 Å². The molecule has 9 nitrogen and oxygen atoms in total. The zero-order valence-corrected chi connectivity index (χ0v) is 25.7. The number of alkyl halides is 5. The van der Waals surface area contributed by atoms with Crippen LogP contribution in [0.4, 0.5) is 19.0 Å². The van der Waals surface area contributed by atoms with Crippen LogP contribution in [-0.2, 0) is 25.4 Å². The van der Waals surface area contributed by atoms with E-state index in [1.54, 1.807) is 6.08 Å². The molecule has 44 heavy (non-hydrogen) atoms. The van der Waals surface area contributed by atoms with Gasteiger partial charge in [-0.1, -0.05) is 40.9 Å². The van der Waals surface area contributed by atoms with E-state index in [0.717, 1.165) is 16.0 Å². The summed E-state index contributed by atoms with van der Waals surface area (Å²) < 4.78 is 40.3. The largest absolute Gasteiger partial charge is 0.508 e. The highest BCUT2D eigenvalue weighted by Crippen LogP contribution is 2.66. The Kier molecular flexibility index (Phi) is 7.01. The summed E-state index contributed by atoms with van der Waals surface area (Å²) in [5.74, 6) is -7.89. The summed E-state index contributed by atoms with van der Waals surface area (Å²) in [6, 6.07) is 5.64. The summed E-state index contributed by atoms with van der Waals surface area (Å²) in [5.41, 5.74) is -0.565. The van der Waals surface area contributed by atoms with Gasteiger partial charge in [0.1, 0.15) is 11.4 Å². The normalized spacial score (nSPS) is 31.6. The number of hydrazine groups is 1. The maximum Gasteiger partial charge on any atom is 0.433 e. The van der Waals surface area contributed by atoms with Crippen molar-refractivity contribution in [2.45, 2.75) is 34.7 Å². The Morgan fingerprint density at radius 2 is 1.68 bits per heavy atom. The number of carbonyl (C=O) groups excluding carboxylic acids is 4. The van der Waals surface area contributed by atoms with Crippen molar-refractivity contribution in [2.75, 3.05) is 19.1 Å². The van der Waals surface area contributed by atoms with Gasteiger partial charge in [0.25, 0.3) is 23.6 Å². The average molecular weight is 692 g/mol. The number of phenolic OH excluding ortho intramolecular Hbond substituents is 1. The fourth-order valence-electron chi connectivity index (χ4n) is 7.03. The smallest absolute Gasteiger partial charge is 0.433 e. The Morgan fingerprint density at radius 3 is 2.32 bits per heavy atom. The fraction of sp³-hybridized carbons (Fsp3) is 0.393. The number of anilines is 1. The number of allylic oxidation sites excluding steroid dienone is 2. The predicted molar refractivity (Wildman–Crippen MR) is 153 cm³/mol. The summed E-state index contributed by atoms with van der Waals surface area (Å²) in [6.45, 7) is 0. The van der Waals surface area contributed by atoms with Crippen LogP contribution in [0.15, 0.2) is 42.0 Å². The number of carbonyl (C=O) groups is 4. The number of rotatable bonds is 3. The minimum absolute atomic E-state index is 0.00159. The maximum absolute atomic E-state index is 14.1. The fourth-order valence-corrected chi connectivity index (χ4v) is 8.55. The van der Waals surface area contributed by atoms with Crippen LogP contribution in [0, 0.1) is 17.8 Å². The number of aromatic hydroxyl groups is 1. The Morgan fingerprint density at radius 1 is 1.00 bits per heavy atom. The number of hydrogen-bond donors (Lipinski definition) is 1. The first-order chi connectivity index (χ1) is 20.4. The Labute approximate surface area is 268 Å². The summed E-state index contributed by atoms with van der Waals surface area (Å²) in [6.07, 6.45) is -3.45. The monoisotopic (exact) mass is 690 g/mol.